The lowest BCUT2D eigenvalue weighted by Crippen LogP contribution is -2.48. The average Bonchev–Trinajstić information content (AvgIpc) is 1.51. The Morgan fingerprint density at radius 3 is 1.27 bits per heavy atom. The van der Waals surface area contributed by atoms with E-state index < -0.39 is 5.54 Å². The highest BCUT2D eigenvalue weighted by atomic mass is 16.5. The number of allylic oxidation sites excluding steroid dienone is 1. The fourth-order valence-corrected chi connectivity index (χ4v) is 16.7. The number of hydrogen-bond donors (Lipinski definition) is 0. The molecule has 1 fully saturated rings. The summed E-state index contributed by atoms with van der Waals surface area (Å²) in [4.78, 5) is 2.53. The first-order chi connectivity index (χ1) is 41.7. The van der Waals surface area contributed by atoms with E-state index in [2.05, 4.69) is 229 Å². The zero-order valence-electron chi connectivity index (χ0n) is 52.9. The summed E-state index contributed by atoms with van der Waals surface area (Å²) in [5.41, 5.74) is 20.2. The third-order valence-electron chi connectivity index (χ3n) is 20.8. The van der Waals surface area contributed by atoms with Gasteiger partial charge in [0.25, 0.3) is 0 Å². The van der Waals surface area contributed by atoms with Crippen molar-refractivity contribution < 1.29 is 4.74 Å². The molecule has 6 aromatic carbocycles. The maximum Gasteiger partial charge on any atom is 0.105 e. The van der Waals surface area contributed by atoms with Crippen LogP contribution in [0.5, 0.6) is 0 Å². The van der Waals surface area contributed by atoms with Gasteiger partial charge in [-0.25, -0.2) is 0 Å². The quantitative estimate of drug-likeness (QED) is 0.0442. The number of hydrogen-bond acceptors (Lipinski definition) is 2. The summed E-state index contributed by atoms with van der Waals surface area (Å²) in [6, 6.07) is 50.4. The van der Waals surface area contributed by atoms with Crippen molar-refractivity contribution >= 4 is 5.57 Å². The molecule has 11 rings (SSSR count). The largest absolute Gasteiger partial charge is 0.498 e. The topological polar surface area (TPSA) is 12.5 Å². The number of ether oxygens (including phenoxy) is 1. The van der Waals surface area contributed by atoms with E-state index in [1.54, 1.807) is 0 Å². The molecule has 0 spiro atoms. The molecule has 5 aliphatic carbocycles. The van der Waals surface area contributed by atoms with Crippen LogP contribution in [0.4, 0.5) is 0 Å². The fourth-order valence-electron chi connectivity index (χ4n) is 16.7. The Balaban J connectivity index is 1.09. The minimum Gasteiger partial charge on any atom is -0.498 e. The van der Waals surface area contributed by atoms with Crippen LogP contribution in [0.25, 0.3) is 27.8 Å². The molecule has 3 atom stereocenters. The van der Waals surface area contributed by atoms with Gasteiger partial charge in [0.1, 0.15) is 5.76 Å². The van der Waals surface area contributed by atoms with Crippen LogP contribution in [0.1, 0.15) is 244 Å². The zero-order chi connectivity index (χ0) is 58.9. The number of rotatable bonds is 24. The molecule has 5 aliphatic rings. The number of benzene rings is 6. The van der Waals surface area contributed by atoms with Gasteiger partial charge < -0.3 is 4.74 Å². The summed E-state index contributed by atoms with van der Waals surface area (Å²) in [5, 5.41) is 0. The zero-order valence-corrected chi connectivity index (χ0v) is 52.9. The molecule has 0 radical (unpaired) electrons. The lowest BCUT2D eigenvalue weighted by Gasteiger charge is -2.44. The standard InChI is InChI=1S/C83H95NO/c1-8-13-17-28-52-80(53-29-18-14-9-2)73-57-64(40-38-62-33-23-21-24-34-62)42-47-68(73)69-49-44-66(59-74(69)80)45-51-72-79(82-56-32-27-37-77(82)83(72,84(6)7)61-78(82)85-12-5)67-46-50-71-70-48-43-65(41-39-63-35-25-22-26-36-63)58-75(70)81(76(71)60-67,54-30-19-15-10-3)55-31-20-16-11-4/h21-26,33-36,42-44,46-50,57-61,77H,8-20,27-32,37,52-56H2,1-7H3/t77-,82-,83-/m1/s1. The third kappa shape index (κ3) is 11.4. The predicted molar refractivity (Wildman–Crippen MR) is 360 cm³/mol. The molecule has 0 N–H and O–H groups in total. The van der Waals surface area contributed by atoms with Gasteiger partial charge in [0.05, 0.1) is 17.6 Å². The minimum absolute atomic E-state index is 0.101. The van der Waals surface area contributed by atoms with Crippen LogP contribution in [0.3, 0.4) is 0 Å². The molecule has 2 nitrogen and oxygen atoms in total. The van der Waals surface area contributed by atoms with Gasteiger partial charge in [-0.1, -0.05) is 246 Å². The molecule has 438 valence electrons. The smallest absolute Gasteiger partial charge is 0.105 e. The first-order valence-corrected chi connectivity index (χ1v) is 33.8. The molecule has 0 aliphatic heterocycles. The Labute approximate surface area is 513 Å². The van der Waals surface area contributed by atoms with Gasteiger partial charge in [0.15, 0.2) is 0 Å². The molecule has 2 heteroatoms. The Bertz CT molecular complexity index is 3570. The second-order valence-electron chi connectivity index (χ2n) is 26.1. The van der Waals surface area contributed by atoms with E-state index in [1.165, 1.54) is 183 Å². The minimum atomic E-state index is -0.397. The molecule has 85 heavy (non-hydrogen) atoms. The van der Waals surface area contributed by atoms with Gasteiger partial charge >= 0.3 is 0 Å². The number of likely N-dealkylation sites (N-methyl/N-ethyl adjacent to an activating group) is 1. The Kier molecular flexibility index (Phi) is 19.0. The van der Waals surface area contributed by atoms with Crippen molar-refractivity contribution in [2.24, 2.45) is 11.3 Å². The average molecular weight is 1120 g/mol. The van der Waals surface area contributed by atoms with Crippen molar-refractivity contribution in [2.45, 2.75) is 205 Å². The Morgan fingerprint density at radius 2 is 0.847 bits per heavy atom. The van der Waals surface area contributed by atoms with E-state index in [4.69, 9.17) is 4.74 Å². The molecule has 2 bridgehead atoms. The Hall–Kier alpha value is -6.76. The monoisotopic (exact) mass is 1120 g/mol. The first-order valence-electron chi connectivity index (χ1n) is 33.8. The van der Waals surface area contributed by atoms with E-state index in [-0.39, 0.29) is 16.2 Å². The number of unbranched alkanes of at least 4 members (excludes halogenated alkanes) is 12. The van der Waals surface area contributed by atoms with Crippen LogP contribution in [0.2, 0.25) is 0 Å². The molecule has 6 aromatic rings. The SMILES string of the molecule is CCCCCCC1(CCCCCC)c2cc(C#CC3=C(c4ccc5c(c4)C(CCCCCC)(CCCCCC)c4cc(C#Cc6ccccc6)ccc4-5)[C@]45CCCC[C@H]4[C@@]3(N(C)C)C=C5OCC)ccc2-c2ccc(C#Cc3ccccc3)cc21. The van der Waals surface area contributed by atoms with Crippen molar-refractivity contribution in [1.82, 2.24) is 4.90 Å². The van der Waals surface area contributed by atoms with Gasteiger partial charge in [-0.2, -0.15) is 0 Å². The van der Waals surface area contributed by atoms with Gasteiger partial charge in [0.2, 0.25) is 0 Å². The van der Waals surface area contributed by atoms with Gasteiger partial charge in [-0.3, -0.25) is 4.90 Å². The third-order valence-corrected chi connectivity index (χ3v) is 20.8. The van der Waals surface area contributed by atoms with Crippen molar-refractivity contribution in [3.63, 3.8) is 0 Å². The summed E-state index contributed by atoms with van der Waals surface area (Å²) >= 11 is 0. The number of nitrogens with zero attached hydrogens (tertiary/aromatic N) is 1. The van der Waals surface area contributed by atoms with Gasteiger partial charge in [0, 0.05) is 50.1 Å². The Morgan fingerprint density at radius 1 is 0.435 bits per heavy atom. The lowest BCUT2D eigenvalue weighted by atomic mass is 9.63. The van der Waals surface area contributed by atoms with Crippen molar-refractivity contribution in [3.8, 4) is 57.8 Å². The summed E-state index contributed by atoms with van der Waals surface area (Å²) in [6.45, 7) is 12.2. The van der Waals surface area contributed by atoms with Crippen molar-refractivity contribution in [3.05, 3.63) is 207 Å². The maximum atomic E-state index is 7.02. The lowest BCUT2D eigenvalue weighted by molar-refractivity contribution is 0.0771. The molecular weight excluding hydrogens is 1030 g/mol. The molecule has 0 heterocycles. The van der Waals surface area contributed by atoms with Crippen LogP contribution < -0.4 is 0 Å². The van der Waals surface area contributed by atoms with Crippen LogP contribution in [0.15, 0.2) is 151 Å². The first kappa shape index (κ1) is 59.9. The summed E-state index contributed by atoms with van der Waals surface area (Å²) in [6.07, 6.45) is 31.7. The summed E-state index contributed by atoms with van der Waals surface area (Å²) < 4.78 is 7.02. The molecule has 1 saturated carbocycles. The van der Waals surface area contributed by atoms with Gasteiger partial charge in [-0.15, -0.1) is 0 Å². The highest BCUT2D eigenvalue weighted by Crippen LogP contribution is 2.72. The molecular formula is C83H95NO. The van der Waals surface area contributed by atoms with E-state index in [0.29, 0.717) is 12.5 Å². The van der Waals surface area contributed by atoms with Crippen LogP contribution in [0, 0.1) is 46.9 Å². The highest BCUT2D eigenvalue weighted by Gasteiger charge is 2.69. The van der Waals surface area contributed by atoms with Gasteiger partial charge in [-0.05, 0) is 188 Å². The normalized spacial score (nSPS) is 19.6. The second kappa shape index (κ2) is 26.9. The molecule has 0 amide bonds. The van der Waals surface area contributed by atoms with E-state index >= 15 is 0 Å². The molecule has 0 unspecified atom stereocenters. The van der Waals surface area contributed by atoms with Crippen LogP contribution in [-0.4, -0.2) is 31.1 Å². The molecule has 0 aromatic heterocycles. The van der Waals surface area contributed by atoms with E-state index in [1.807, 2.05) is 0 Å². The van der Waals surface area contributed by atoms with E-state index in [0.717, 1.165) is 66.3 Å². The van der Waals surface area contributed by atoms with Crippen molar-refractivity contribution in [1.29, 1.82) is 0 Å². The van der Waals surface area contributed by atoms with Crippen molar-refractivity contribution in [2.75, 3.05) is 20.7 Å². The van der Waals surface area contributed by atoms with Crippen LogP contribution >= 0.6 is 0 Å². The summed E-state index contributed by atoms with van der Waals surface area (Å²) in [5.74, 6) is 24.0. The number of fused-ring (bicyclic) bond motifs is 6. The van der Waals surface area contributed by atoms with Crippen LogP contribution in [-0.2, 0) is 15.6 Å². The maximum absolute atomic E-state index is 7.02. The molecule has 0 saturated heterocycles. The fraction of sp³-hybridized carbons (Fsp3) is 0.446. The van der Waals surface area contributed by atoms with E-state index in [9.17, 15) is 0 Å². The second-order valence-corrected chi connectivity index (χ2v) is 26.1. The predicted octanol–water partition coefficient (Wildman–Crippen LogP) is 21.1. The highest BCUT2D eigenvalue weighted by molar-refractivity contribution is 5.91. The summed E-state index contributed by atoms with van der Waals surface area (Å²) in [7, 11) is 4.64.